The van der Waals surface area contributed by atoms with Crippen LogP contribution in [0.4, 0.5) is 10.1 Å². The standard InChI is InChI=1S/C16H18FNO3/c1-10(2)20-15-8-16(14(18)7-13(15)17)21-12-5-3-11(9-19)4-6-12/h3-8,10,19H,9,18H2,1-2H3. The van der Waals surface area contributed by atoms with Gasteiger partial charge in [0.05, 0.1) is 18.4 Å². The number of rotatable bonds is 5. The van der Waals surface area contributed by atoms with Crippen molar-refractivity contribution in [2.45, 2.75) is 26.6 Å². The van der Waals surface area contributed by atoms with Gasteiger partial charge in [-0.05, 0) is 31.5 Å². The first-order valence-corrected chi connectivity index (χ1v) is 6.63. The van der Waals surface area contributed by atoms with Crippen LogP contribution in [0.3, 0.4) is 0 Å². The van der Waals surface area contributed by atoms with Gasteiger partial charge in [-0.3, -0.25) is 0 Å². The third-order valence-corrected chi connectivity index (χ3v) is 2.76. The maximum absolute atomic E-state index is 13.7. The third-order valence-electron chi connectivity index (χ3n) is 2.76. The Kier molecular flexibility index (Phi) is 4.65. The fraction of sp³-hybridized carbons (Fsp3) is 0.250. The second-order valence-corrected chi connectivity index (χ2v) is 4.89. The van der Waals surface area contributed by atoms with Crippen molar-refractivity contribution in [3.05, 3.63) is 47.8 Å². The first kappa shape index (κ1) is 15.1. The lowest BCUT2D eigenvalue weighted by molar-refractivity contribution is 0.230. The summed E-state index contributed by atoms with van der Waals surface area (Å²) >= 11 is 0. The molecule has 0 radical (unpaired) electrons. The van der Waals surface area contributed by atoms with E-state index in [0.717, 1.165) is 5.56 Å². The molecule has 0 amide bonds. The summed E-state index contributed by atoms with van der Waals surface area (Å²) in [6.07, 6.45) is -0.153. The van der Waals surface area contributed by atoms with Crippen molar-refractivity contribution in [3.8, 4) is 17.2 Å². The molecule has 0 aliphatic rings. The number of halogens is 1. The Hall–Kier alpha value is -2.27. The lowest BCUT2D eigenvalue weighted by atomic mass is 10.2. The summed E-state index contributed by atoms with van der Waals surface area (Å²) in [5.41, 5.74) is 6.73. The van der Waals surface area contributed by atoms with Gasteiger partial charge in [0, 0.05) is 12.1 Å². The van der Waals surface area contributed by atoms with Crippen LogP contribution >= 0.6 is 0 Å². The lowest BCUT2D eigenvalue weighted by Gasteiger charge is -2.14. The van der Waals surface area contributed by atoms with E-state index in [2.05, 4.69) is 0 Å². The first-order valence-electron chi connectivity index (χ1n) is 6.63. The number of hydrogen-bond acceptors (Lipinski definition) is 4. The molecule has 2 aromatic rings. The molecule has 0 spiro atoms. The quantitative estimate of drug-likeness (QED) is 0.828. The Morgan fingerprint density at radius 1 is 1.14 bits per heavy atom. The fourth-order valence-electron chi connectivity index (χ4n) is 1.77. The van der Waals surface area contributed by atoms with E-state index >= 15 is 0 Å². The van der Waals surface area contributed by atoms with E-state index in [4.69, 9.17) is 20.3 Å². The van der Waals surface area contributed by atoms with Gasteiger partial charge in [-0.2, -0.15) is 0 Å². The minimum absolute atomic E-state index is 0.0364. The number of hydrogen-bond donors (Lipinski definition) is 2. The van der Waals surface area contributed by atoms with Crippen molar-refractivity contribution in [1.82, 2.24) is 0 Å². The van der Waals surface area contributed by atoms with Crippen molar-refractivity contribution >= 4 is 5.69 Å². The highest BCUT2D eigenvalue weighted by atomic mass is 19.1. The van der Waals surface area contributed by atoms with Crippen LogP contribution in [-0.2, 0) is 6.61 Å². The van der Waals surface area contributed by atoms with Crippen LogP contribution in [0.5, 0.6) is 17.2 Å². The first-order chi connectivity index (χ1) is 9.99. The van der Waals surface area contributed by atoms with Gasteiger partial charge in [-0.15, -0.1) is 0 Å². The van der Waals surface area contributed by atoms with E-state index < -0.39 is 5.82 Å². The summed E-state index contributed by atoms with van der Waals surface area (Å²) in [4.78, 5) is 0. The Morgan fingerprint density at radius 3 is 2.38 bits per heavy atom. The normalized spacial score (nSPS) is 10.7. The second kappa shape index (κ2) is 6.45. The van der Waals surface area contributed by atoms with E-state index in [-0.39, 0.29) is 24.1 Å². The van der Waals surface area contributed by atoms with Crippen LogP contribution in [0.25, 0.3) is 0 Å². The number of anilines is 1. The topological polar surface area (TPSA) is 64.7 Å². The molecule has 0 saturated carbocycles. The molecule has 2 aromatic carbocycles. The van der Waals surface area contributed by atoms with Crippen molar-refractivity contribution in [1.29, 1.82) is 0 Å². The molecule has 4 nitrogen and oxygen atoms in total. The summed E-state index contributed by atoms with van der Waals surface area (Å²) < 4.78 is 24.7. The molecule has 0 fully saturated rings. The fourth-order valence-corrected chi connectivity index (χ4v) is 1.77. The number of ether oxygens (including phenoxy) is 2. The third kappa shape index (κ3) is 3.86. The van der Waals surface area contributed by atoms with Crippen LogP contribution in [0, 0.1) is 5.82 Å². The molecule has 0 aliphatic heterocycles. The maximum Gasteiger partial charge on any atom is 0.167 e. The van der Waals surface area contributed by atoms with E-state index in [9.17, 15) is 4.39 Å². The molecule has 21 heavy (non-hydrogen) atoms. The average molecular weight is 291 g/mol. The van der Waals surface area contributed by atoms with Gasteiger partial charge in [0.2, 0.25) is 0 Å². The minimum atomic E-state index is -0.524. The predicted molar refractivity (Wildman–Crippen MR) is 79.0 cm³/mol. The number of benzene rings is 2. The highest BCUT2D eigenvalue weighted by molar-refractivity contribution is 5.57. The van der Waals surface area contributed by atoms with Crippen molar-refractivity contribution in [2.75, 3.05) is 5.73 Å². The average Bonchev–Trinajstić information content (AvgIpc) is 2.44. The van der Waals surface area contributed by atoms with Crippen LogP contribution in [0.1, 0.15) is 19.4 Å². The van der Waals surface area contributed by atoms with E-state index in [0.29, 0.717) is 11.5 Å². The minimum Gasteiger partial charge on any atom is -0.488 e. The second-order valence-electron chi connectivity index (χ2n) is 4.89. The highest BCUT2D eigenvalue weighted by Gasteiger charge is 2.12. The molecule has 5 heteroatoms. The number of nitrogen functional groups attached to an aromatic ring is 1. The van der Waals surface area contributed by atoms with Crippen molar-refractivity contribution < 1.29 is 19.0 Å². The van der Waals surface area contributed by atoms with Crippen LogP contribution in [0.2, 0.25) is 0 Å². The zero-order valence-electron chi connectivity index (χ0n) is 12.0. The summed E-state index contributed by atoms with van der Waals surface area (Å²) in [5.74, 6) is 0.440. The van der Waals surface area contributed by atoms with Crippen molar-refractivity contribution in [2.24, 2.45) is 0 Å². The molecular weight excluding hydrogens is 273 g/mol. The molecule has 0 atom stereocenters. The van der Waals surface area contributed by atoms with E-state index in [1.165, 1.54) is 12.1 Å². The van der Waals surface area contributed by atoms with E-state index in [1.54, 1.807) is 24.3 Å². The molecule has 0 heterocycles. The van der Waals surface area contributed by atoms with E-state index in [1.807, 2.05) is 13.8 Å². The van der Waals surface area contributed by atoms with Crippen molar-refractivity contribution in [3.63, 3.8) is 0 Å². The number of nitrogens with two attached hydrogens (primary N) is 1. The zero-order valence-corrected chi connectivity index (χ0v) is 12.0. The Bertz CT molecular complexity index is 612. The molecule has 2 rings (SSSR count). The van der Waals surface area contributed by atoms with Gasteiger partial charge < -0.3 is 20.3 Å². The molecule has 0 unspecified atom stereocenters. The largest absolute Gasteiger partial charge is 0.488 e. The molecule has 3 N–H and O–H groups in total. The highest BCUT2D eigenvalue weighted by Crippen LogP contribution is 2.34. The SMILES string of the molecule is CC(C)Oc1cc(Oc2ccc(CO)cc2)c(N)cc1F. The van der Waals surface area contributed by atoms with Gasteiger partial charge in [-0.1, -0.05) is 12.1 Å². The molecule has 0 aliphatic carbocycles. The Labute approximate surface area is 122 Å². The van der Waals surface area contributed by atoms with Gasteiger partial charge in [0.25, 0.3) is 0 Å². The smallest absolute Gasteiger partial charge is 0.167 e. The molecule has 0 saturated heterocycles. The summed E-state index contributed by atoms with van der Waals surface area (Å²) in [7, 11) is 0. The summed E-state index contributed by atoms with van der Waals surface area (Å²) in [6, 6.07) is 9.50. The van der Waals surface area contributed by atoms with Gasteiger partial charge >= 0.3 is 0 Å². The van der Waals surface area contributed by atoms with Crippen LogP contribution in [-0.4, -0.2) is 11.2 Å². The number of aliphatic hydroxyl groups excluding tert-OH is 1. The summed E-state index contributed by atoms with van der Waals surface area (Å²) in [5, 5.41) is 8.99. The van der Waals surface area contributed by atoms with Crippen LogP contribution in [0.15, 0.2) is 36.4 Å². The molecule has 112 valence electrons. The Morgan fingerprint density at radius 2 is 1.81 bits per heavy atom. The Balaban J connectivity index is 2.25. The number of aliphatic hydroxyl groups is 1. The molecular formula is C16H18FNO3. The molecule has 0 aromatic heterocycles. The lowest BCUT2D eigenvalue weighted by Crippen LogP contribution is -2.07. The zero-order chi connectivity index (χ0) is 15.4. The monoisotopic (exact) mass is 291 g/mol. The summed E-state index contributed by atoms with van der Waals surface area (Å²) in [6.45, 7) is 3.58. The maximum atomic E-state index is 13.7. The predicted octanol–water partition coefficient (Wildman–Crippen LogP) is 3.48. The van der Waals surface area contributed by atoms with Gasteiger partial charge in [-0.25, -0.2) is 4.39 Å². The molecule has 0 bridgehead atoms. The van der Waals surface area contributed by atoms with Gasteiger partial charge in [0.1, 0.15) is 5.75 Å². The van der Waals surface area contributed by atoms with Gasteiger partial charge in [0.15, 0.2) is 17.3 Å². The van der Waals surface area contributed by atoms with Crippen LogP contribution < -0.4 is 15.2 Å².